The molecule has 1 fully saturated rings. The maximum atomic E-state index is 13.3. The molecular weight excluding hydrogens is 384 g/mol. The zero-order valence-electron chi connectivity index (χ0n) is 11.9. The first-order valence-electron chi connectivity index (χ1n) is 7.24. The maximum absolute atomic E-state index is 13.3. The minimum Gasteiger partial charge on any atom is -0.491 e. The molecular formula is C15H21FIN3O. The highest BCUT2D eigenvalue weighted by atomic mass is 127. The van der Waals surface area contributed by atoms with Gasteiger partial charge >= 0.3 is 0 Å². The van der Waals surface area contributed by atoms with Gasteiger partial charge in [0.25, 0.3) is 0 Å². The summed E-state index contributed by atoms with van der Waals surface area (Å²) < 4.78 is 18.9. The number of hydrogen-bond acceptors (Lipinski definition) is 2. The summed E-state index contributed by atoms with van der Waals surface area (Å²) in [6.07, 6.45) is 4.82. The van der Waals surface area contributed by atoms with Crippen LogP contribution in [0.5, 0.6) is 5.75 Å². The molecule has 1 unspecified atom stereocenters. The van der Waals surface area contributed by atoms with Gasteiger partial charge in [-0.25, -0.2) is 9.38 Å². The summed E-state index contributed by atoms with van der Waals surface area (Å²) in [5.41, 5.74) is 6.91. The minimum absolute atomic E-state index is 0. The monoisotopic (exact) mass is 405 g/mol. The zero-order valence-corrected chi connectivity index (χ0v) is 14.3. The summed E-state index contributed by atoms with van der Waals surface area (Å²) in [5.74, 6) is 1.00. The normalized spacial score (nSPS) is 22.0. The largest absolute Gasteiger partial charge is 0.491 e. The topological polar surface area (TPSA) is 50.9 Å². The standard InChI is InChI=1S/C15H20FN3O.HI/c16-11-5-6-14-12(9-11)13(10-20-14)18-15(17)19-7-3-1-2-4-8-19;/h5-6,9,13H,1-4,7-8,10H2,(H2,17,18);1H. The molecule has 1 aromatic rings. The molecule has 0 radical (unpaired) electrons. The summed E-state index contributed by atoms with van der Waals surface area (Å²) in [6, 6.07) is 4.36. The van der Waals surface area contributed by atoms with Crippen molar-refractivity contribution in [1.82, 2.24) is 4.90 Å². The molecule has 2 heterocycles. The molecule has 0 aromatic heterocycles. The van der Waals surface area contributed by atoms with Crippen LogP contribution in [0.15, 0.2) is 23.2 Å². The number of aliphatic imine (C=N–C) groups is 1. The molecule has 2 N–H and O–H groups in total. The van der Waals surface area contributed by atoms with E-state index in [2.05, 4.69) is 9.89 Å². The molecule has 2 aliphatic rings. The van der Waals surface area contributed by atoms with E-state index in [0.717, 1.165) is 31.5 Å². The number of fused-ring (bicyclic) bond motifs is 1. The SMILES string of the molecule is I.NC(=NC1COc2ccc(F)cc21)N1CCCCCC1. The van der Waals surface area contributed by atoms with E-state index < -0.39 is 0 Å². The Bertz CT molecular complexity index is 516. The third-order valence-electron chi connectivity index (χ3n) is 3.95. The molecule has 0 saturated carbocycles. The van der Waals surface area contributed by atoms with Gasteiger partial charge in [-0.1, -0.05) is 12.8 Å². The van der Waals surface area contributed by atoms with Gasteiger partial charge in [-0.05, 0) is 31.0 Å². The van der Waals surface area contributed by atoms with Gasteiger partial charge in [0.1, 0.15) is 24.2 Å². The Morgan fingerprint density at radius 3 is 2.67 bits per heavy atom. The van der Waals surface area contributed by atoms with Gasteiger partial charge in [-0.3, -0.25) is 0 Å². The second kappa shape index (κ2) is 7.29. The van der Waals surface area contributed by atoms with Gasteiger partial charge in [-0.2, -0.15) is 0 Å². The van der Waals surface area contributed by atoms with Crippen molar-refractivity contribution >= 4 is 29.9 Å². The highest BCUT2D eigenvalue weighted by Crippen LogP contribution is 2.35. The van der Waals surface area contributed by atoms with Crippen LogP contribution in [-0.4, -0.2) is 30.6 Å². The molecule has 0 aliphatic carbocycles. The second-order valence-electron chi connectivity index (χ2n) is 5.40. The quantitative estimate of drug-likeness (QED) is 0.444. The van der Waals surface area contributed by atoms with Crippen LogP contribution >= 0.6 is 24.0 Å². The molecule has 6 heteroatoms. The van der Waals surface area contributed by atoms with Crippen molar-refractivity contribution < 1.29 is 9.13 Å². The van der Waals surface area contributed by atoms with Gasteiger partial charge < -0.3 is 15.4 Å². The van der Waals surface area contributed by atoms with E-state index in [-0.39, 0.29) is 35.8 Å². The summed E-state index contributed by atoms with van der Waals surface area (Å²) >= 11 is 0. The van der Waals surface area contributed by atoms with Crippen LogP contribution in [0.3, 0.4) is 0 Å². The lowest BCUT2D eigenvalue weighted by Gasteiger charge is -2.22. The molecule has 3 rings (SSSR count). The molecule has 1 atom stereocenters. The predicted octanol–water partition coefficient (Wildman–Crippen LogP) is 3.07. The van der Waals surface area contributed by atoms with Gasteiger partial charge in [0.15, 0.2) is 5.96 Å². The maximum Gasteiger partial charge on any atom is 0.191 e. The number of halogens is 2. The average Bonchev–Trinajstić information content (AvgIpc) is 2.67. The lowest BCUT2D eigenvalue weighted by Crippen LogP contribution is -2.38. The third-order valence-corrected chi connectivity index (χ3v) is 3.95. The van der Waals surface area contributed by atoms with Crippen molar-refractivity contribution in [1.29, 1.82) is 0 Å². The van der Waals surface area contributed by atoms with E-state index in [1.54, 1.807) is 6.07 Å². The number of likely N-dealkylation sites (tertiary alicyclic amines) is 1. The molecule has 0 spiro atoms. The summed E-state index contributed by atoms with van der Waals surface area (Å²) in [5, 5.41) is 0. The second-order valence-corrected chi connectivity index (χ2v) is 5.40. The minimum atomic E-state index is -0.261. The number of ether oxygens (including phenoxy) is 1. The van der Waals surface area contributed by atoms with Gasteiger partial charge in [0, 0.05) is 18.7 Å². The van der Waals surface area contributed by atoms with Crippen LogP contribution in [0.1, 0.15) is 37.3 Å². The number of benzene rings is 1. The third kappa shape index (κ3) is 3.78. The highest BCUT2D eigenvalue weighted by Gasteiger charge is 2.25. The Morgan fingerprint density at radius 2 is 1.95 bits per heavy atom. The first kappa shape index (κ1) is 16.3. The number of nitrogens with two attached hydrogens (primary N) is 1. The average molecular weight is 405 g/mol. The van der Waals surface area contributed by atoms with Crippen molar-refractivity contribution in [3.8, 4) is 5.75 Å². The van der Waals surface area contributed by atoms with Crippen molar-refractivity contribution in [2.75, 3.05) is 19.7 Å². The van der Waals surface area contributed by atoms with Crippen LogP contribution in [0, 0.1) is 5.82 Å². The van der Waals surface area contributed by atoms with E-state index in [1.165, 1.54) is 25.0 Å². The van der Waals surface area contributed by atoms with Gasteiger partial charge in [0.05, 0.1) is 0 Å². The molecule has 0 amide bonds. The van der Waals surface area contributed by atoms with Crippen LogP contribution in [0.25, 0.3) is 0 Å². The zero-order chi connectivity index (χ0) is 13.9. The fraction of sp³-hybridized carbons (Fsp3) is 0.533. The van der Waals surface area contributed by atoms with E-state index in [9.17, 15) is 4.39 Å². The highest BCUT2D eigenvalue weighted by molar-refractivity contribution is 14.0. The van der Waals surface area contributed by atoms with Crippen molar-refractivity contribution in [2.45, 2.75) is 31.7 Å². The fourth-order valence-corrected chi connectivity index (χ4v) is 2.82. The molecule has 21 heavy (non-hydrogen) atoms. The molecule has 2 aliphatic heterocycles. The molecule has 1 aromatic carbocycles. The van der Waals surface area contributed by atoms with Crippen LogP contribution in [-0.2, 0) is 0 Å². The van der Waals surface area contributed by atoms with Crippen LogP contribution in [0.4, 0.5) is 4.39 Å². The fourth-order valence-electron chi connectivity index (χ4n) is 2.82. The summed E-state index contributed by atoms with van der Waals surface area (Å²) in [4.78, 5) is 6.68. The first-order valence-corrected chi connectivity index (χ1v) is 7.24. The summed E-state index contributed by atoms with van der Waals surface area (Å²) in [7, 11) is 0. The Morgan fingerprint density at radius 1 is 1.24 bits per heavy atom. The van der Waals surface area contributed by atoms with Crippen LogP contribution in [0.2, 0.25) is 0 Å². The Hall–Kier alpha value is -1.05. The van der Waals surface area contributed by atoms with Gasteiger partial charge in [-0.15, -0.1) is 24.0 Å². The molecule has 4 nitrogen and oxygen atoms in total. The Labute approximate surface area is 141 Å². The van der Waals surface area contributed by atoms with Crippen molar-refractivity contribution in [2.24, 2.45) is 10.7 Å². The van der Waals surface area contributed by atoms with E-state index in [1.807, 2.05) is 0 Å². The molecule has 116 valence electrons. The van der Waals surface area contributed by atoms with Crippen molar-refractivity contribution in [3.05, 3.63) is 29.6 Å². The number of nitrogens with zero attached hydrogens (tertiary/aromatic N) is 2. The Balaban J connectivity index is 0.00000161. The Kier molecular flexibility index (Phi) is 5.66. The van der Waals surface area contributed by atoms with Crippen molar-refractivity contribution in [3.63, 3.8) is 0 Å². The van der Waals surface area contributed by atoms with Gasteiger partial charge in [0.2, 0.25) is 0 Å². The van der Waals surface area contributed by atoms with E-state index in [0.29, 0.717) is 18.3 Å². The molecule has 1 saturated heterocycles. The van der Waals surface area contributed by atoms with Crippen LogP contribution < -0.4 is 10.5 Å². The lowest BCUT2D eigenvalue weighted by atomic mass is 10.1. The predicted molar refractivity (Wildman–Crippen MR) is 91.7 cm³/mol. The molecule has 0 bridgehead atoms. The van der Waals surface area contributed by atoms with E-state index in [4.69, 9.17) is 10.5 Å². The number of guanidine groups is 1. The number of rotatable bonds is 1. The lowest BCUT2D eigenvalue weighted by molar-refractivity contribution is 0.331. The van der Waals surface area contributed by atoms with E-state index >= 15 is 0 Å². The smallest absolute Gasteiger partial charge is 0.191 e. The summed E-state index contributed by atoms with van der Waals surface area (Å²) in [6.45, 7) is 2.35. The first-order chi connectivity index (χ1) is 9.74. The number of hydrogen-bond donors (Lipinski definition) is 1.